The lowest BCUT2D eigenvalue weighted by molar-refractivity contribution is -0.137. The van der Waals surface area contributed by atoms with Gasteiger partial charge >= 0.3 is 12.1 Å². The van der Waals surface area contributed by atoms with Crippen LogP contribution in [0.3, 0.4) is 0 Å². The van der Waals surface area contributed by atoms with E-state index in [4.69, 9.17) is 9.15 Å². The highest BCUT2D eigenvalue weighted by Gasteiger charge is 2.30. The molecule has 34 heavy (non-hydrogen) atoms. The van der Waals surface area contributed by atoms with E-state index >= 15 is 0 Å². The number of carbonyl (C=O) groups is 1. The first-order valence-corrected chi connectivity index (χ1v) is 11.5. The number of aryl methyl sites for hydroxylation is 1. The number of hydrogen-bond donors (Lipinski definition) is 0. The Kier molecular flexibility index (Phi) is 6.69. The predicted molar refractivity (Wildman–Crippen MR) is 129 cm³/mol. The summed E-state index contributed by atoms with van der Waals surface area (Å²) in [5.41, 5.74) is 2.95. The molecule has 0 spiro atoms. The molecule has 0 aliphatic carbocycles. The number of nitrogens with zero attached hydrogens (tertiary/aromatic N) is 1. The van der Waals surface area contributed by atoms with Crippen LogP contribution in [0.15, 0.2) is 74.0 Å². The van der Waals surface area contributed by atoms with Gasteiger partial charge in [0.05, 0.1) is 14.5 Å². The average molecular weight is 595 g/mol. The Bertz CT molecular complexity index is 1340. The van der Waals surface area contributed by atoms with E-state index in [-0.39, 0.29) is 5.89 Å². The fraction of sp³-hybridized carbons (Fsp3) is 0.120. The van der Waals surface area contributed by atoms with E-state index in [0.717, 1.165) is 28.8 Å². The van der Waals surface area contributed by atoms with Crippen LogP contribution >= 0.6 is 31.9 Å². The van der Waals surface area contributed by atoms with E-state index in [1.54, 1.807) is 6.92 Å². The largest absolute Gasteiger partial charge is 0.441 e. The summed E-state index contributed by atoms with van der Waals surface area (Å²) in [6.45, 7) is 3.09. The third-order valence-electron chi connectivity index (χ3n) is 4.99. The van der Waals surface area contributed by atoms with Crippen molar-refractivity contribution in [2.24, 2.45) is 0 Å². The van der Waals surface area contributed by atoms with Gasteiger partial charge in [0.2, 0.25) is 5.89 Å². The van der Waals surface area contributed by atoms with Crippen LogP contribution in [-0.4, -0.2) is 11.0 Å². The summed E-state index contributed by atoms with van der Waals surface area (Å²) < 4.78 is 50.6. The molecule has 4 aromatic rings. The van der Waals surface area contributed by atoms with Crippen molar-refractivity contribution >= 4 is 37.8 Å². The number of oxazole rings is 1. The lowest BCUT2D eigenvalue weighted by atomic mass is 10.0. The van der Waals surface area contributed by atoms with E-state index in [0.29, 0.717) is 31.7 Å². The molecule has 0 saturated heterocycles. The van der Waals surface area contributed by atoms with Crippen LogP contribution in [0.1, 0.15) is 18.2 Å². The van der Waals surface area contributed by atoms with E-state index in [2.05, 4.69) is 36.8 Å². The Morgan fingerprint density at radius 2 is 1.41 bits per heavy atom. The van der Waals surface area contributed by atoms with Gasteiger partial charge in [-0.25, -0.2) is 4.98 Å². The van der Waals surface area contributed by atoms with Gasteiger partial charge in [-0.05, 0) is 86.3 Å². The van der Waals surface area contributed by atoms with Crippen LogP contribution in [0.2, 0.25) is 0 Å². The number of esters is 1. The highest BCUT2D eigenvalue weighted by molar-refractivity contribution is 9.11. The quantitative estimate of drug-likeness (QED) is 0.176. The van der Waals surface area contributed by atoms with Crippen LogP contribution < -0.4 is 4.74 Å². The third kappa shape index (κ3) is 5.10. The molecule has 0 fully saturated rings. The lowest BCUT2D eigenvalue weighted by Crippen LogP contribution is -2.03. The number of alkyl halides is 3. The second-order valence-corrected chi connectivity index (χ2v) is 9.15. The molecule has 1 aromatic heterocycles. The summed E-state index contributed by atoms with van der Waals surface area (Å²) in [4.78, 5) is 15.8. The van der Waals surface area contributed by atoms with Gasteiger partial charge in [0.15, 0.2) is 5.75 Å². The van der Waals surface area contributed by atoms with Crippen LogP contribution in [-0.2, 0) is 11.0 Å². The van der Waals surface area contributed by atoms with Gasteiger partial charge in [-0.15, -0.1) is 0 Å². The molecular formula is C25H16Br2F3NO3. The van der Waals surface area contributed by atoms with Crippen LogP contribution in [0.25, 0.3) is 33.8 Å². The van der Waals surface area contributed by atoms with Crippen molar-refractivity contribution in [3.63, 3.8) is 0 Å². The van der Waals surface area contributed by atoms with Crippen molar-refractivity contribution in [3.8, 4) is 39.6 Å². The van der Waals surface area contributed by atoms with E-state index in [1.807, 2.05) is 36.4 Å². The van der Waals surface area contributed by atoms with Crippen LogP contribution in [0.5, 0.6) is 5.75 Å². The van der Waals surface area contributed by atoms with Crippen LogP contribution in [0.4, 0.5) is 13.2 Å². The summed E-state index contributed by atoms with van der Waals surface area (Å²) in [5, 5.41) is 0. The topological polar surface area (TPSA) is 52.3 Å². The minimum atomic E-state index is -4.40. The molecule has 174 valence electrons. The number of halogens is 5. The molecule has 4 rings (SSSR count). The number of carbonyl (C=O) groups excluding carboxylic acids is 1. The molecule has 0 aliphatic rings. The Balaban J connectivity index is 1.61. The van der Waals surface area contributed by atoms with Crippen molar-refractivity contribution in [3.05, 3.63) is 80.9 Å². The van der Waals surface area contributed by atoms with Crippen molar-refractivity contribution in [1.29, 1.82) is 0 Å². The molecule has 0 N–H and O–H groups in total. The Labute approximate surface area is 210 Å². The standard InChI is InChI=1S/C25H16Br2F3NO3/c1-13-22(31-24(33-13)17-7-9-19(10-8-17)25(28,29)30)16-5-3-15(4-6-16)18-11-20(26)23(21(27)12-18)34-14(2)32/h3-12H,1-2H3. The molecule has 0 saturated carbocycles. The predicted octanol–water partition coefficient (Wildman–Crippen LogP) is 8.45. The van der Waals surface area contributed by atoms with Gasteiger partial charge < -0.3 is 9.15 Å². The summed E-state index contributed by atoms with van der Waals surface area (Å²) in [6, 6.07) is 16.0. The number of benzene rings is 3. The van der Waals surface area contributed by atoms with Gasteiger partial charge in [0.1, 0.15) is 11.5 Å². The second-order valence-electron chi connectivity index (χ2n) is 7.44. The van der Waals surface area contributed by atoms with E-state index < -0.39 is 17.7 Å². The van der Waals surface area contributed by atoms with Gasteiger partial charge in [0.25, 0.3) is 0 Å². The van der Waals surface area contributed by atoms with Gasteiger partial charge in [-0.1, -0.05) is 24.3 Å². The highest BCUT2D eigenvalue weighted by Crippen LogP contribution is 2.39. The normalized spacial score (nSPS) is 11.5. The molecule has 1 heterocycles. The zero-order valence-corrected chi connectivity index (χ0v) is 21.0. The van der Waals surface area contributed by atoms with E-state index in [9.17, 15) is 18.0 Å². The van der Waals surface area contributed by atoms with Crippen molar-refractivity contribution in [2.45, 2.75) is 20.0 Å². The fourth-order valence-corrected chi connectivity index (χ4v) is 4.73. The molecule has 0 unspecified atom stereocenters. The number of rotatable bonds is 4. The summed E-state index contributed by atoms with van der Waals surface area (Å²) in [7, 11) is 0. The van der Waals surface area contributed by atoms with Gasteiger partial charge in [-0.3, -0.25) is 4.79 Å². The number of ether oxygens (including phenoxy) is 1. The zero-order chi connectivity index (χ0) is 24.6. The zero-order valence-electron chi connectivity index (χ0n) is 17.8. The van der Waals surface area contributed by atoms with Gasteiger partial charge in [0, 0.05) is 18.1 Å². The third-order valence-corrected chi connectivity index (χ3v) is 6.17. The summed E-state index contributed by atoms with van der Waals surface area (Å²) in [5.74, 6) is 0.789. The smallest absolute Gasteiger partial charge is 0.416 e. The molecule has 3 aromatic carbocycles. The minimum absolute atomic E-state index is 0.249. The summed E-state index contributed by atoms with van der Waals surface area (Å²) in [6.07, 6.45) is -4.40. The second kappa shape index (κ2) is 9.38. The first-order chi connectivity index (χ1) is 16.0. The molecule has 0 radical (unpaired) electrons. The van der Waals surface area contributed by atoms with Crippen molar-refractivity contribution < 1.29 is 27.1 Å². The Morgan fingerprint density at radius 3 is 1.94 bits per heavy atom. The number of hydrogen-bond acceptors (Lipinski definition) is 4. The average Bonchev–Trinajstić information content (AvgIpc) is 3.17. The maximum absolute atomic E-state index is 12.8. The van der Waals surface area contributed by atoms with E-state index in [1.165, 1.54) is 19.1 Å². The SMILES string of the molecule is CC(=O)Oc1c(Br)cc(-c2ccc(-c3nc(-c4ccc(C(F)(F)F)cc4)oc3C)cc2)cc1Br. The molecule has 0 bridgehead atoms. The first kappa shape index (κ1) is 24.2. The number of aromatic nitrogens is 1. The lowest BCUT2D eigenvalue weighted by Gasteiger charge is -2.10. The molecule has 0 atom stereocenters. The first-order valence-electron chi connectivity index (χ1n) is 9.96. The molecule has 0 aliphatic heterocycles. The van der Waals surface area contributed by atoms with Crippen molar-refractivity contribution in [1.82, 2.24) is 4.98 Å². The van der Waals surface area contributed by atoms with Crippen molar-refractivity contribution in [2.75, 3.05) is 0 Å². The maximum atomic E-state index is 12.8. The fourth-order valence-electron chi connectivity index (χ4n) is 3.38. The Hall–Kier alpha value is -2.91. The molecule has 4 nitrogen and oxygen atoms in total. The van der Waals surface area contributed by atoms with Crippen LogP contribution in [0, 0.1) is 6.92 Å². The molecule has 0 amide bonds. The summed E-state index contributed by atoms with van der Waals surface area (Å²) >= 11 is 6.87. The molecular weight excluding hydrogens is 579 g/mol. The van der Waals surface area contributed by atoms with Gasteiger partial charge in [-0.2, -0.15) is 13.2 Å². The highest BCUT2D eigenvalue weighted by atomic mass is 79.9. The minimum Gasteiger partial charge on any atom is -0.441 e. The maximum Gasteiger partial charge on any atom is 0.416 e. The monoisotopic (exact) mass is 593 g/mol. The molecule has 9 heteroatoms. The Morgan fingerprint density at radius 1 is 0.882 bits per heavy atom.